The fourth-order valence-electron chi connectivity index (χ4n) is 1.89. The van der Waals surface area contributed by atoms with Gasteiger partial charge in [-0.15, -0.1) is 0 Å². The van der Waals surface area contributed by atoms with Crippen molar-refractivity contribution in [2.24, 2.45) is 5.92 Å². The van der Waals surface area contributed by atoms with Crippen LogP contribution < -0.4 is 5.32 Å². The first-order valence-corrected chi connectivity index (χ1v) is 7.83. The lowest BCUT2D eigenvalue weighted by Crippen LogP contribution is -2.45. The zero-order valence-corrected chi connectivity index (χ0v) is 13.4. The molecule has 0 spiro atoms. The molecular formula is C16H23NO3S. The number of ether oxygens (including phenoxy) is 1. The van der Waals surface area contributed by atoms with E-state index in [0.717, 1.165) is 18.4 Å². The standard InChI is InChI=1S/C16H23NO3S/c1-3-7-12(2)15(18)17-14(11-21)16(19)20-10-13-8-5-4-6-9-13/h4-6,8-9,12,14,21H,3,7,10-11H2,1-2H3,(H,17,18). The topological polar surface area (TPSA) is 55.4 Å². The lowest BCUT2D eigenvalue weighted by Gasteiger charge is -2.18. The van der Waals surface area contributed by atoms with Gasteiger partial charge in [-0.1, -0.05) is 50.6 Å². The van der Waals surface area contributed by atoms with Crippen molar-refractivity contribution in [3.05, 3.63) is 35.9 Å². The third-order valence-electron chi connectivity index (χ3n) is 3.18. The average molecular weight is 309 g/mol. The fraction of sp³-hybridized carbons (Fsp3) is 0.500. The third kappa shape index (κ3) is 6.21. The summed E-state index contributed by atoms with van der Waals surface area (Å²) in [6, 6.07) is 8.72. The van der Waals surface area contributed by atoms with Gasteiger partial charge in [0.05, 0.1) is 0 Å². The van der Waals surface area contributed by atoms with Crippen LogP contribution in [0.4, 0.5) is 0 Å². The zero-order chi connectivity index (χ0) is 15.7. The Morgan fingerprint density at radius 3 is 2.52 bits per heavy atom. The second kappa shape index (κ2) is 9.45. The first-order chi connectivity index (χ1) is 10.1. The van der Waals surface area contributed by atoms with Crippen LogP contribution in [0.1, 0.15) is 32.3 Å². The number of hydrogen-bond donors (Lipinski definition) is 2. The molecule has 21 heavy (non-hydrogen) atoms. The molecule has 0 aromatic heterocycles. The van der Waals surface area contributed by atoms with Gasteiger partial charge >= 0.3 is 5.97 Å². The summed E-state index contributed by atoms with van der Waals surface area (Å²) in [4.78, 5) is 23.9. The average Bonchev–Trinajstić information content (AvgIpc) is 2.51. The summed E-state index contributed by atoms with van der Waals surface area (Å²) >= 11 is 4.11. The molecule has 0 saturated heterocycles. The minimum atomic E-state index is -0.705. The van der Waals surface area contributed by atoms with Crippen LogP contribution in [0.3, 0.4) is 0 Å². The van der Waals surface area contributed by atoms with Crippen molar-refractivity contribution in [2.45, 2.75) is 39.3 Å². The van der Waals surface area contributed by atoms with Crippen LogP contribution in [0, 0.1) is 5.92 Å². The molecule has 0 aliphatic carbocycles. The minimum absolute atomic E-state index is 0.112. The van der Waals surface area contributed by atoms with E-state index in [2.05, 4.69) is 17.9 Å². The molecule has 1 amide bonds. The monoisotopic (exact) mass is 309 g/mol. The number of rotatable bonds is 8. The molecule has 2 unspecified atom stereocenters. The molecule has 1 aromatic carbocycles. The van der Waals surface area contributed by atoms with Crippen LogP contribution in [-0.4, -0.2) is 23.7 Å². The highest BCUT2D eigenvalue weighted by atomic mass is 32.1. The van der Waals surface area contributed by atoms with E-state index in [-0.39, 0.29) is 24.2 Å². The Labute approximate surface area is 131 Å². The van der Waals surface area contributed by atoms with Crippen LogP contribution in [0.15, 0.2) is 30.3 Å². The summed E-state index contributed by atoms with van der Waals surface area (Å²) in [5.41, 5.74) is 0.912. The van der Waals surface area contributed by atoms with Crippen molar-refractivity contribution in [3.63, 3.8) is 0 Å². The van der Waals surface area contributed by atoms with Gasteiger partial charge in [-0.2, -0.15) is 12.6 Å². The predicted molar refractivity (Wildman–Crippen MR) is 86.1 cm³/mol. The van der Waals surface area contributed by atoms with Crippen LogP contribution in [-0.2, 0) is 20.9 Å². The Bertz CT molecular complexity index is 450. The molecule has 0 bridgehead atoms. The highest BCUT2D eigenvalue weighted by Gasteiger charge is 2.23. The molecule has 0 aliphatic rings. The smallest absolute Gasteiger partial charge is 0.329 e. The van der Waals surface area contributed by atoms with Gasteiger partial charge in [0.25, 0.3) is 0 Å². The molecule has 4 nitrogen and oxygen atoms in total. The number of hydrogen-bond acceptors (Lipinski definition) is 4. The maximum absolute atomic E-state index is 12.0. The van der Waals surface area contributed by atoms with Crippen LogP contribution >= 0.6 is 12.6 Å². The largest absolute Gasteiger partial charge is 0.459 e. The molecule has 116 valence electrons. The van der Waals surface area contributed by atoms with Crippen LogP contribution in [0.25, 0.3) is 0 Å². The first kappa shape index (κ1) is 17.6. The second-order valence-electron chi connectivity index (χ2n) is 5.03. The predicted octanol–water partition coefficient (Wildman–Crippen LogP) is 2.58. The molecular weight excluding hydrogens is 286 g/mol. The van der Waals surface area contributed by atoms with E-state index >= 15 is 0 Å². The van der Waals surface area contributed by atoms with Gasteiger partial charge in [-0.05, 0) is 12.0 Å². The second-order valence-corrected chi connectivity index (χ2v) is 5.39. The number of thiol groups is 1. The van der Waals surface area contributed by atoms with Gasteiger partial charge in [0.2, 0.25) is 5.91 Å². The molecule has 0 fully saturated rings. The van der Waals surface area contributed by atoms with E-state index in [1.54, 1.807) is 0 Å². The molecule has 1 aromatic rings. The molecule has 0 heterocycles. The summed E-state index contributed by atoms with van der Waals surface area (Å²) in [7, 11) is 0. The highest BCUT2D eigenvalue weighted by molar-refractivity contribution is 7.80. The number of carbonyl (C=O) groups excluding carboxylic acids is 2. The van der Waals surface area contributed by atoms with Crippen LogP contribution in [0.2, 0.25) is 0 Å². The van der Waals surface area contributed by atoms with Gasteiger partial charge in [0.15, 0.2) is 0 Å². The van der Waals surface area contributed by atoms with Crippen molar-refractivity contribution < 1.29 is 14.3 Å². The van der Waals surface area contributed by atoms with Crippen molar-refractivity contribution in [2.75, 3.05) is 5.75 Å². The Morgan fingerprint density at radius 1 is 1.29 bits per heavy atom. The van der Waals surface area contributed by atoms with E-state index in [0.29, 0.717) is 0 Å². The summed E-state index contributed by atoms with van der Waals surface area (Å²) in [6.07, 6.45) is 1.72. The quantitative estimate of drug-likeness (QED) is 0.573. The van der Waals surface area contributed by atoms with Crippen molar-refractivity contribution in [3.8, 4) is 0 Å². The SMILES string of the molecule is CCCC(C)C(=O)NC(CS)C(=O)OCc1ccccc1. The van der Waals surface area contributed by atoms with Crippen molar-refractivity contribution in [1.82, 2.24) is 5.32 Å². The van der Waals surface area contributed by atoms with E-state index in [1.165, 1.54) is 0 Å². The third-order valence-corrected chi connectivity index (χ3v) is 3.54. The lowest BCUT2D eigenvalue weighted by molar-refractivity contribution is -0.148. The Morgan fingerprint density at radius 2 is 1.95 bits per heavy atom. The molecule has 1 N–H and O–H groups in total. The Balaban J connectivity index is 2.47. The van der Waals surface area contributed by atoms with Gasteiger partial charge < -0.3 is 10.1 Å². The normalized spacial score (nSPS) is 13.3. The summed E-state index contributed by atoms with van der Waals surface area (Å²) < 4.78 is 5.22. The van der Waals surface area contributed by atoms with E-state index in [9.17, 15) is 9.59 Å². The summed E-state index contributed by atoms with van der Waals surface area (Å²) in [5.74, 6) is -0.476. The molecule has 5 heteroatoms. The maximum Gasteiger partial charge on any atom is 0.329 e. The van der Waals surface area contributed by atoms with Crippen molar-refractivity contribution in [1.29, 1.82) is 0 Å². The number of esters is 1. The molecule has 0 saturated carbocycles. The number of carbonyl (C=O) groups is 2. The lowest BCUT2D eigenvalue weighted by atomic mass is 10.1. The molecule has 1 rings (SSSR count). The Hall–Kier alpha value is -1.49. The highest BCUT2D eigenvalue weighted by Crippen LogP contribution is 2.07. The van der Waals surface area contributed by atoms with Gasteiger partial charge in [-0.3, -0.25) is 4.79 Å². The number of nitrogens with one attached hydrogen (secondary N) is 1. The van der Waals surface area contributed by atoms with Gasteiger partial charge in [0.1, 0.15) is 12.6 Å². The fourth-order valence-corrected chi connectivity index (χ4v) is 2.13. The van der Waals surface area contributed by atoms with Gasteiger partial charge in [-0.25, -0.2) is 4.79 Å². The number of benzene rings is 1. The van der Waals surface area contributed by atoms with Gasteiger partial charge in [0, 0.05) is 11.7 Å². The van der Waals surface area contributed by atoms with Crippen LogP contribution in [0.5, 0.6) is 0 Å². The first-order valence-electron chi connectivity index (χ1n) is 7.20. The minimum Gasteiger partial charge on any atom is -0.459 e. The summed E-state index contributed by atoms with van der Waals surface area (Å²) in [6.45, 7) is 4.07. The van der Waals surface area contributed by atoms with E-state index in [4.69, 9.17) is 4.74 Å². The summed E-state index contributed by atoms with van der Waals surface area (Å²) in [5, 5.41) is 2.70. The van der Waals surface area contributed by atoms with Crippen molar-refractivity contribution >= 4 is 24.5 Å². The molecule has 0 radical (unpaired) electrons. The number of amides is 1. The zero-order valence-electron chi connectivity index (χ0n) is 12.5. The van der Waals surface area contributed by atoms with E-state index in [1.807, 2.05) is 44.2 Å². The maximum atomic E-state index is 12.0. The molecule has 0 aliphatic heterocycles. The Kier molecular flexibility index (Phi) is 7.90. The van der Waals surface area contributed by atoms with E-state index < -0.39 is 12.0 Å². The molecule has 2 atom stereocenters.